The van der Waals surface area contributed by atoms with Gasteiger partial charge in [-0.15, -0.1) is 0 Å². The van der Waals surface area contributed by atoms with Crippen LogP contribution >= 0.6 is 0 Å². The number of rotatable bonds is 7. The summed E-state index contributed by atoms with van der Waals surface area (Å²) in [4.78, 5) is 12.2. The lowest BCUT2D eigenvalue weighted by Crippen LogP contribution is -2.17. The van der Waals surface area contributed by atoms with E-state index < -0.39 is 5.97 Å². The van der Waals surface area contributed by atoms with Crippen molar-refractivity contribution in [3.05, 3.63) is 34.4 Å². The summed E-state index contributed by atoms with van der Waals surface area (Å²) in [5.41, 5.74) is 2.64. The Morgan fingerprint density at radius 1 is 0.955 bits per heavy atom. The topological polar surface area (TPSA) is 87.0 Å². The van der Waals surface area contributed by atoms with Gasteiger partial charge in [-0.2, -0.15) is 0 Å². The zero-order chi connectivity index (χ0) is 16.9. The lowest BCUT2D eigenvalue weighted by molar-refractivity contribution is 0.0596. The largest absolute Gasteiger partial charge is 0.465 e. The molecule has 1 aromatic carbocycles. The molecule has 0 aliphatic rings. The van der Waals surface area contributed by atoms with Gasteiger partial charge in [-0.1, -0.05) is 32.9 Å². The maximum Gasteiger partial charge on any atom is 0.338 e. The maximum absolute atomic E-state index is 12.2. The third-order valence-corrected chi connectivity index (χ3v) is 4.06. The van der Waals surface area contributed by atoms with Gasteiger partial charge in [0.15, 0.2) is 0 Å². The van der Waals surface area contributed by atoms with Gasteiger partial charge >= 0.3 is 5.97 Å². The monoisotopic (exact) mass is 310 g/mol. The minimum atomic E-state index is -0.478. The second-order valence-corrected chi connectivity index (χ2v) is 5.82. The van der Waals surface area contributed by atoms with E-state index in [2.05, 4.69) is 0 Å². The Balaban J connectivity index is 3.64. The first kappa shape index (κ1) is 18.6. The summed E-state index contributed by atoms with van der Waals surface area (Å²) in [6.45, 7) is 5.30. The zero-order valence-corrected chi connectivity index (χ0v) is 13.7. The van der Waals surface area contributed by atoms with Crippen LogP contribution in [0, 0.1) is 0 Å². The summed E-state index contributed by atoms with van der Waals surface area (Å²) in [6, 6.07) is 3.67. The van der Waals surface area contributed by atoms with Crippen LogP contribution in [0.15, 0.2) is 12.1 Å². The molecule has 1 rings (SSSR count). The minimum Gasteiger partial charge on any atom is -0.465 e. The second-order valence-electron chi connectivity index (χ2n) is 5.82. The fourth-order valence-electron chi connectivity index (χ4n) is 2.41. The van der Waals surface area contributed by atoms with Crippen LogP contribution in [0.1, 0.15) is 65.6 Å². The molecule has 0 bridgehead atoms. The van der Waals surface area contributed by atoms with Crippen molar-refractivity contribution >= 4 is 5.97 Å². The molecule has 0 saturated heterocycles. The molecule has 0 heterocycles. The Labute approximate surface area is 131 Å². The molecule has 124 valence electrons. The SMILES string of the molecule is COC(=O)c1c(C(C)CO)cc(C(C)CO)cc1C(C)CO. The number of benzene rings is 1. The highest BCUT2D eigenvalue weighted by atomic mass is 16.5. The Bertz CT molecular complexity index is 481. The van der Waals surface area contributed by atoms with E-state index in [0.717, 1.165) is 5.56 Å². The molecule has 3 N–H and O–H groups in total. The van der Waals surface area contributed by atoms with E-state index in [1.54, 1.807) is 0 Å². The first-order valence-electron chi connectivity index (χ1n) is 7.49. The van der Waals surface area contributed by atoms with Crippen LogP contribution in [0.2, 0.25) is 0 Å². The van der Waals surface area contributed by atoms with Gasteiger partial charge in [-0.3, -0.25) is 0 Å². The van der Waals surface area contributed by atoms with Crippen LogP contribution in [0.4, 0.5) is 0 Å². The number of methoxy groups -OCH3 is 1. The fraction of sp³-hybridized carbons (Fsp3) is 0.588. The highest BCUT2D eigenvalue weighted by Crippen LogP contribution is 2.32. The van der Waals surface area contributed by atoms with Crippen LogP contribution in [0.5, 0.6) is 0 Å². The number of hydrogen-bond acceptors (Lipinski definition) is 5. The van der Waals surface area contributed by atoms with Crippen LogP contribution in [0.25, 0.3) is 0 Å². The molecular formula is C17H26O5. The summed E-state index contributed by atoms with van der Waals surface area (Å²) in [5, 5.41) is 28.4. The van der Waals surface area contributed by atoms with E-state index in [-0.39, 0.29) is 37.6 Å². The number of aliphatic hydroxyl groups excluding tert-OH is 3. The van der Waals surface area contributed by atoms with Gasteiger partial charge in [-0.25, -0.2) is 4.79 Å². The molecule has 0 radical (unpaired) electrons. The number of ether oxygens (including phenoxy) is 1. The van der Waals surface area contributed by atoms with Crippen LogP contribution in [-0.4, -0.2) is 48.2 Å². The molecule has 0 aliphatic heterocycles. The van der Waals surface area contributed by atoms with E-state index in [4.69, 9.17) is 4.74 Å². The standard InChI is InChI=1S/C17H26O5/c1-10(7-18)13-5-14(11(2)8-19)16(17(21)22-4)15(6-13)12(3)9-20/h5-6,10-12,18-20H,7-9H2,1-4H3. The lowest BCUT2D eigenvalue weighted by atomic mass is 9.83. The fourth-order valence-corrected chi connectivity index (χ4v) is 2.41. The van der Waals surface area contributed by atoms with E-state index in [1.165, 1.54) is 7.11 Å². The van der Waals surface area contributed by atoms with Crippen molar-refractivity contribution in [1.29, 1.82) is 0 Å². The van der Waals surface area contributed by atoms with E-state index in [9.17, 15) is 20.1 Å². The lowest BCUT2D eigenvalue weighted by Gasteiger charge is -2.23. The molecular weight excluding hydrogens is 284 g/mol. The number of carbonyl (C=O) groups is 1. The van der Waals surface area contributed by atoms with Crippen molar-refractivity contribution in [1.82, 2.24) is 0 Å². The number of hydrogen-bond donors (Lipinski definition) is 3. The molecule has 0 aliphatic carbocycles. The maximum atomic E-state index is 12.2. The average molecular weight is 310 g/mol. The summed E-state index contributed by atoms with van der Waals surface area (Å²) < 4.78 is 4.88. The number of carbonyl (C=O) groups excluding carboxylic acids is 1. The number of esters is 1. The molecule has 3 unspecified atom stereocenters. The predicted octanol–water partition coefficient (Wildman–Crippen LogP) is 1.76. The van der Waals surface area contributed by atoms with Gasteiger partial charge in [0, 0.05) is 37.6 Å². The van der Waals surface area contributed by atoms with Gasteiger partial charge in [0.2, 0.25) is 0 Å². The third kappa shape index (κ3) is 3.85. The molecule has 1 aromatic rings. The van der Waals surface area contributed by atoms with Gasteiger partial charge in [-0.05, 0) is 16.7 Å². The van der Waals surface area contributed by atoms with Crippen molar-refractivity contribution in [2.75, 3.05) is 26.9 Å². The Morgan fingerprint density at radius 3 is 1.68 bits per heavy atom. The average Bonchev–Trinajstić information content (AvgIpc) is 2.57. The van der Waals surface area contributed by atoms with Gasteiger partial charge in [0.1, 0.15) is 0 Å². The van der Waals surface area contributed by atoms with Gasteiger partial charge in [0.05, 0.1) is 12.7 Å². The minimum absolute atomic E-state index is 0.0164. The summed E-state index contributed by atoms with van der Waals surface area (Å²) in [5.74, 6) is -1.07. The summed E-state index contributed by atoms with van der Waals surface area (Å²) >= 11 is 0. The van der Waals surface area contributed by atoms with Crippen LogP contribution < -0.4 is 0 Å². The molecule has 0 aromatic heterocycles. The Kier molecular flexibility index (Phi) is 7.00. The van der Waals surface area contributed by atoms with Gasteiger partial charge < -0.3 is 20.1 Å². The van der Waals surface area contributed by atoms with E-state index >= 15 is 0 Å². The highest BCUT2D eigenvalue weighted by molar-refractivity contribution is 5.93. The van der Waals surface area contributed by atoms with Crippen LogP contribution in [-0.2, 0) is 4.74 Å². The highest BCUT2D eigenvalue weighted by Gasteiger charge is 2.25. The second kappa shape index (κ2) is 8.27. The predicted molar refractivity (Wildman–Crippen MR) is 84.3 cm³/mol. The first-order chi connectivity index (χ1) is 10.4. The van der Waals surface area contributed by atoms with Crippen molar-refractivity contribution in [2.24, 2.45) is 0 Å². The molecule has 0 fully saturated rings. The number of aliphatic hydroxyl groups is 3. The summed E-state index contributed by atoms with van der Waals surface area (Å²) in [6.07, 6.45) is 0. The summed E-state index contributed by atoms with van der Waals surface area (Å²) in [7, 11) is 1.31. The molecule has 22 heavy (non-hydrogen) atoms. The molecule has 0 saturated carbocycles. The molecule has 0 amide bonds. The van der Waals surface area contributed by atoms with E-state index in [0.29, 0.717) is 16.7 Å². The molecule has 5 heteroatoms. The normalized spacial score (nSPS) is 15.2. The Hall–Kier alpha value is -1.43. The zero-order valence-electron chi connectivity index (χ0n) is 13.7. The quantitative estimate of drug-likeness (QED) is 0.668. The molecule has 0 spiro atoms. The van der Waals surface area contributed by atoms with Crippen LogP contribution in [0.3, 0.4) is 0 Å². The first-order valence-corrected chi connectivity index (χ1v) is 7.49. The molecule has 3 atom stereocenters. The third-order valence-electron chi connectivity index (χ3n) is 4.06. The van der Waals surface area contributed by atoms with Crippen molar-refractivity contribution in [3.8, 4) is 0 Å². The van der Waals surface area contributed by atoms with Crippen molar-refractivity contribution in [2.45, 2.75) is 38.5 Å². The van der Waals surface area contributed by atoms with E-state index in [1.807, 2.05) is 32.9 Å². The van der Waals surface area contributed by atoms with Crippen molar-refractivity contribution < 1.29 is 24.9 Å². The van der Waals surface area contributed by atoms with Crippen molar-refractivity contribution in [3.63, 3.8) is 0 Å². The van der Waals surface area contributed by atoms with Gasteiger partial charge in [0.25, 0.3) is 0 Å². The molecule has 5 nitrogen and oxygen atoms in total. The Morgan fingerprint density at radius 2 is 1.36 bits per heavy atom. The smallest absolute Gasteiger partial charge is 0.338 e.